The van der Waals surface area contributed by atoms with E-state index < -0.39 is 5.82 Å². The maximum absolute atomic E-state index is 14.3. The fraction of sp³-hybridized carbons (Fsp3) is 0.231. The maximum Gasteiger partial charge on any atom is 0.148 e. The molecule has 2 rings (SSSR count). The summed E-state index contributed by atoms with van der Waals surface area (Å²) < 4.78 is 14.8. The molecule has 1 aromatic carbocycles. The monoisotopic (exact) mass is 362 g/mol. The predicted octanol–water partition coefficient (Wildman–Crippen LogP) is 4.42. The van der Waals surface area contributed by atoms with Gasteiger partial charge in [0.25, 0.3) is 0 Å². The third-order valence-electron chi connectivity index (χ3n) is 2.97. The summed E-state index contributed by atoms with van der Waals surface area (Å²) in [6, 6.07) is 5.06. The van der Waals surface area contributed by atoms with Crippen LogP contribution in [-0.4, -0.2) is 0 Å². The SMILES string of the molecule is CCc1ccsc1C(NN)c1ccc(Br)c(Cl)c1F. The maximum atomic E-state index is 14.3. The largest absolute Gasteiger partial charge is 0.271 e. The van der Waals surface area contributed by atoms with Crippen LogP contribution in [0.25, 0.3) is 0 Å². The summed E-state index contributed by atoms with van der Waals surface area (Å²) in [5, 5.41) is 2.06. The van der Waals surface area contributed by atoms with Crippen molar-refractivity contribution in [1.82, 2.24) is 5.43 Å². The number of halogens is 3. The number of hydrogen-bond acceptors (Lipinski definition) is 3. The Bertz CT molecular complexity index is 588. The Kier molecular flexibility index (Phi) is 4.97. The summed E-state index contributed by atoms with van der Waals surface area (Å²) in [5.74, 6) is 5.16. The number of thiophene rings is 1. The Morgan fingerprint density at radius 1 is 1.47 bits per heavy atom. The molecule has 1 aromatic heterocycles. The van der Waals surface area contributed by atoms with Crippen LogP contribution in [0.15, 0.2) is 28.1 Å². The molecule has 0 saturated carbocycles. The fourth-order valence-electron chi connectivity index (χ4n) is 1.96. The lowest BCUT2D eigenvalue weighted by atomic mass is 10.0. The Balaban J connectivity index is 2.52. The summed E-state index contributed by atoms with van der Waals surface area (Å²) in [7, 11) is 0. The highest BCUT2D eigenvalue weighted by molar-refractivity contribution is 9.10. The number of hydrazine groups is 1. The summed E-state index contributed by atoms with van der Waals surface area (Å²) in [4.78, 5) is 1.02. The molecule has 0 bridgehead atoms. The number of rotatable bonds is 4. The first-order chi connectivity index (χ1) is 9.10. The van der Waals surface area contributed by atoms with Gasteiger partial charge in [0.05, 0.1) is 11.1 Å². The first-order valence-corrected chi connectivity index (χ1v) is 7.81. The highest BCUT2D eigenvalue weighted by Gasteiger charge is 2.22. The van der Waals surface area contributed by atoms with Gasteiger partial charge in [-0.1, -0.05) is 24.6 Å². The van der Waals surface area contributed by atoms with Crippen molar-refractivity contribution < 1.29 is 4.39 Å². The van der Waals surface area contributed by atoms with Crippen molar-refractivity contribution in [3.05, 3.63) is 54.9 Å². The van der Waals surface area contributed by atoms with Crippen molar-refractivity contribution in [2.45, 2.75) is 19.4 Å². The highest BCUT2D eigenvalue weighted by atomic mass is 79.9. The van der Waals surface area contributed by atoms with Crippen LogP contribution in [0.4, 0.5) is 4.39 Å². The molecule has 3 N–H and O–H groups in total. The number of aryl methyl sites for hydroxylation is 1. The zero-order valence-corrected chi connectivity index (χ0v) is 13.4. The standard InChI is InChI=1S/C13H13BrClFN2S/c1-2-7-5-6-19-13(7)12(18-17)8-3-4-9(14)10(15)11(8)16/h3-6,12,18H,2,17H2,1H3. The normalized spacial score (nSPS) is 12.7. The van der Waals surface area contributed by atoms with Crippen molar-refractivity contribution in [2.75, 3.05) is 0 Å². The number of hydrogen-bond donors (Lipinski definition) is 2. The molecule has 2 nitrogen and oxygen atoms in total. The molecule has 6 heteroatoms. The van der Waals surface area contributed by atoms with E-state index in [1.54, 1.807) is 23.5 Å². The molecule has 0 aliphatic carbocycles. The van der Waals surface area contributed by atoms with Gasteiger partial charge in [-0.3, -0.25) is 5.84 Å². The zero-order chi connectivity index (χ0) is 14.0. The second-order valence-corrected chi connectivity index (χ2v) is 6.21. The lowest BCUT2D eigenvalue weighted by Crippen LogP contribution is -2.29. The van der Waals surface area contributed by atoms with Gasteiger partial charge in [-0.05, 0) is 45.4 Å². The van der Waals surface area contributed by atoms with E-state index >= 15 is 0 Å². The number of benzene rings is 1. The molecule has 102 valence electrons. The van der Waals surface area contributed by atoms with Gasteiger partial charge in [0.15, 0.2) is 0 Å². The van der Waals surface area contributed by atoms with Crippen LogP contribution < -0.4 is 11.3 Å². The van der Waals surface area contributed by atoms with Crippen LogP contribution in [0.3, 0.4) is 0 Å². The molecule has 0 amide bonds. The predicted molar refractivity (Wildman–Crippen MR) is 82.0 cm³/mol. The molecule has 0 aliphatic heterocycles. The van der Waals surface area contributed by atoms with E-state index in [0.717, 1.165) is 16.9 Å². The van der Waals surface area contributed by atoms with Gasteiger partial charge < -0.3 is 0 Å². The van der Waals surface area contributed by atoms with Gasteiger partial charge in [0.2, 0.25) is 0 Å². The molecule has 0 fully saturated rings. The third-order valence-corrected chi connectivity index (χ3v) is 5.25. The van der Waals surface area contributed by atoms with Gasteiger partial charge >= 0.3 is 0 Å². The van der Waals surface area contributed by atoms with E-state index in [9.17, 15) is 4.39 Å². The Labute approximate surface area is 128 Å². The lowest BCUT2D eigenvalue weighted by molar-refractivity contribution is 0.562. The van der Waals surface area contributed by atoms with E-state index in [-0.39, 0.29) is 11.1 Å². The first-order valence-electron chi connectivity index (χ1n) is 5.75. The van der Waals surface area contributed by atoms with Crippen LogP contribution in [0.5, 0.6) is 0 Å². The van der Waals surface area contributed by atoms with Crippen LogP contribution >= 0.6 is 38.9 Å². The van der Waals surface area contributed by atoms with Crippen molar-refractivity contribution in [1.29, 1.82) is 0 Å². The smallest absolute Gasteiger partial charge is 0.148 e. The molecule has 2 aromatic rings. The molecule has 1 unspecified atom stereocenters. The van der Waals surface area contributed by atoms with Crippen molar-refractivity contribution >= 4 is 38.9 Å². The summed E-state index contributed by atoms with van der Waals surface area (Å²) >= 11 is 10.7. The van der Waals surface area contributed by atoms with Gasteiger partial charge in [-0.2, -0.15) is 0 Å². The molecule has 1 heterocycles. The van der Waals surface area contributed by atoms with E-state index in [1.807, 2.05) is 11.4 Å². The minimum Gasteiger partial charge on any atom is -0.271 e. The average Bonchev–Trinajstić information content (AvgIpc) is 2.88. The lowest BCUT2D eigenvalue weighted by Gasteiger charge is -2.18. The topological polar surface area (TPSA) is 38.0 Å². The molecule has 0 aliphatic rings. The van der Waals surface area contributed by atoms with E-state index in [1.165, 1.54) is 0 Å². The zero-order valence-electron chi connectivity index (χ0n) is 10.2. The summed E-state index contributed by atoms with van der Waals surface area (Å²) in [5.41, 5.74) is 4.29. The van der Waals surface area contributed by atoms with Gasteiger partial charge in [-0.15, -0.1) is 11.3 Å². The molecule has 0 saturated heterocycles. The molecule has 0 radical (unpaired) electrons. The van der Waals surface area contributed by atoms with Gasteiger partial charge in [0, 0.05) is 14.9 Å². The Morgan fingerprint density at radius 2 is 2.21 bits per heavy atom. The molecular formula is C13H13BrClFN2S. The second-order valence-electron chi connectivity index (χ2n) is 4.03. The first kappa shape index (κ1) is 14.9. The van der Waals surface area contributed by atoms with Crippen molar-refractivity contribution in [3.63, 3.8) is 0 Å². The minimum absolute atomic E-state index is 0.0763. The van der Waals surface area contributed by atoms with E-state index in [4.69, 9.17) is 17.4 Å². The fourth-order valence-corrected chi connectivity index (χ4v) is 3.52. The second kappa shape index (κ2) is 6.33. The van der Waals surface area contributed by atoms with Crippen molar-refractivity contribution in [3.8, 4) is 0 Å². The highest BCUT2D eigenvalue weighted by Crippen LogP contribution is 2.35. The Hall–Kier alpha value is -0.460. The molecular weight excluding hydrogens is 351 g/mol. The summed E-state index contributed by atoms with van der Waals surface area (Å²) in [6.45, 7) is 2.06. The Morgan fingerprint density at radius 3 is 2.84 bits per heavy atom. The van der Waals surface area contributed by atoms with Gasteiger partial charge in [-0.25, -0.2) is 9.82 Å². The summed E-state index contributed by atoms with van der Waals surface area (Å²) in [6.07, 6.45) is 0.878. The van der Waals surface area contributed by atoms with Crippen LogP contribution in [0.1, 0.15) is 29.0 Å². The average molecular weight is 364 g/mol. The molecule has 0 spiro atoms. The molecule has 1 atom stereocenters. The number of nitrogens with one attached hydrogen (secondary N) is 1. The molecule has 19 heavy (non-hydrogen) atoms. The van der Waals surface area contributed by atoms with Crippen LogP contribution in [0, 0.1) is 5.82 Å². The van der Waals surface area contributed by atoms with Gasteiger partial charge in [0.1, 0.15) is 5.82 Å². The third kappa shape index (κ3) is 2.85. The van der Waals surface area contributed by atoms with Crippen molar-refractivity contribution in [2.24, 2.45) is 5.84 Å². The van der Waals surface area contributed by atoms with Crippen LogP contribution in [0.2, 0.25) is 5.02 Å². The van der Waals surface area contributed by atoms with E-state index in [2.05, 4.69) is 28.3 Å². The quantitative estimate of drug-likeness (QED) is 0.479. The number of nitrogens with two attached hydrogens (primary N) is 1. The minimum atomic E-state index is -0.450. The van der Waals surface area contributed by atoms with Crippen LogP contribution in [-0.2, 0) is 6.42 Å². The van der Waals surface area contributed by atoms with E-state index in [0.29, 0.717) is 10.0 Å².